The first-order chi connectivity index (χ1) is 11.3. The Bertz CT molecular complexity index is 742. The Labute approximate surface area is 146 Å². The van der Waals surface area contributed by atoms with Crippen LogP contribution < -0.4 is 4.74 Å². The van der Waals surface area contributed by atoms with E-state index in [0.29, 0.717) is 5.70 Å². The highest BCUT2D eigenvalue weighted by Gasteiger charge is 2.37. The standard InChI is InChI=1S/C17H20N2O4S/c1-10-7-14(22-4)11(2)6-12(10)8-13-16(21)19(9-15(20)23-5)17(24)18(13)3/h6-8H,9H2,1-5H3/b13-8-. The number of hydrogen-bond acceptors (Lipinski definition) is 5. The van der Waals surface area contributed by atoms with Gasteiger partial charge in [0.05, 0.1) is 14.2 Å². The highest BCUT2D eigenvalue weighted by atomic mass is 32.1. The summed E-state index contributed by atoms with van der Waals surface area (Å²) < 4.78 is 9.92. The summed E-state index contributed by atoms with van der Waals surface area (Å²) in [4.78, 5) is 26.9. The predicted octanol–water partition coefficient (Wildman–Crippen LogP) is 1.88. The number of nitrogens with zero attached hydrogens (tertiary/aromatic N) is 2. The van der Waals surface area contributed by atoms with Gasteiger partial charge in [0.15, 0.2) is 5.11 Å². The molecule has 6 nitrogen and oxygen atoms in total. The number of rotatable bonds is 4. The van der Waals surface area contributed by atoms with Gasteiger partial charge in [-0.25, -0.2) is 0 Å². The molecule has 1 aromatic carbocycles. The number of likely N-dealkylation sites (N-methyl/N-ethyl adjacent to an activating group) is 1. The second kappa shape index (κ2) is 7.00. The van der Waals surface area contributed by atoms with Crippen LogP contribution in [0.15, 0.2) is 17.8 Å². The third-order valence-electron chi connectivity index (χ3n) is 3.93. The van der Waals surface area contributed by atoms with Gasteiger partial charge in [0.2, 0.25) is 0 Å². The Balaban J connectivity index is 2.40. The normalized spacial score (nSPS) is 16.1. The average Bonchev–Trinajstić information content (AvgIpc) is 2.75. The molecule has 24 heavy (non-hydrogen) atoms. The van der Waals surface area contributed by atoms with Crippen molar-refractivity contribution in [2.45, 2.75) is 13.8 Å². The molecule has 0 N–H and O–H groups in total. The second-order valence-corrected chi connectivity index (χ2v) is 5.88. The first-order valence-electron chi connectivity index (χ1n) is 7.33. The molecule has 7 heteroatoms. The van der Waals surface area contributed by atoms with E-state index in [9.17, 15) is 9.59 Å². The number of amides is 1. The number of ether oxygens (including phenoxy) is 2. The van der Waals surface area contributed by atoms with Crippen molar-refractivity contribution in [1.82, 2.24) is 9.80 Å². The number of hydrogen-bond donors (Lipinski definition) is 0. The van der Waals surface area contributed by atoms with Crippen molar-refractivity contribution in [2.24, 2.45) is 0 Å². The van der Waals surface area contributed by atoms with Crippen LogP contribution in [0.5, 0.6) is 5.75 Å². The molecule has 1 heterocycles. The first kappa shape index (κ1) is 17.9. The maximum Gasteiger partial charge on any atom is 0.325 e. The molecule has 1 amide bonds. The zero-order valence-electron chi connectivity index (χ0n) is 14.4. The Morgan fingerprint density at radius 2 is 1.92 bits per heavy atom. The summed E-state index contributed by atoms with van der Waals surface area (Å²) in [5.74, 6) is -0.0406. The summed E-state index contributed by atoms with van der Waals surface area (Å²) in [5.41, 5.74) is 3.25. The van der Waals surface area contributed by atoms with Gasteiger partial charge in [0.25, 0.3) is 5.91 Å². The van der Waals surface area contributed by atoms with Crippen molar-refractivity contribution in [1.29, 1.82) is 0 Å². The zero-order chi connectivity index (χ0) is 18.0. The summed E-state index contributed by atoms with van der Waals surface area (Å²) in [6.07, 6.45) is 1.77. The first-order valence-corrected chi connectivity index (χ1v) is 7.74. The fraction of sp³-hybridized carbons (Fsp3) is 0.353. The Morgan fingerprint density at radius 3 is 2.50 bits per heavy atom. The van der Waals surface area contributed by atoms with Gasteiger partial charge < -0.3 is 14.4 Å². The molecule has 128 valence electrons. The molecule has 0 unspecified atom stereocenters. The Hall–Kier alpha value is -2.41. The second-order valence-electron chi connectivity index (χ2n) is 5.52. The number of carbonyl (C=O) groups excluding carboxylic acids is 2. The van der Waals surface area contributed by atoms with Gasteiger partial charge in [-0.05, 0) is 61.0 Å². The number of thiocarbonyl (C=S) groups is 1. The van der Waals surface area contributed by atoms with Crippen LogP contribution in [-0.2, 0) is 14.3 Å². The van der Waals surface area contributed by atoms with Crippen LogP contribution in [0.25, 0.3) is 6.08 Å². The number of esters is 1. The van der Waals surface area contributed by atoms with Crippen LogP contribution in [0.3, 0.4) is 0 Å². The van der Waals surface area contributed by atoms with Crippen molar-refractivity contribution in [3.63, 3.8) is 0 Å². The lowest BCUT2D eigenvalue weighted by atomic mass is 10.0. The van der Waals surface area contributed by atoms with Crippen LogP contribution in [0.2, 0.25) is 0 Å². The van der Waals surface area contributed by atoms with Crippen molar-refractivity contribution >= 4 is 35.3 Å². The summed E-state index contributed by atoms with van der Waals surface area (Å²) in [7, 11) is 4.60. The molecule has 0 aromatic heterocycles. The third kappa shape index (κ3) is 3.26. The van der Waals surface area contributed by atoms with E-state index >= 15 is 0 Å². The Kier molecular flexibility index (Phi) is 5.23. The summed E-state index contributed by atoms with van der Waals surface area (Å²) in [5, 5.41) is 0.277. The molecule has 1 aliphatic heterocycles. The van der Waals surface area contributed by atoms with E-state index in [4.69, 9.17) is 17.0 Å². The number of carbonyl (C=O) groups is 2. The minimum absolute atomic E-state index is 0.198. The number of benzene rings is 1. The van der Waals surface area contributed by atoms with Crippen molar-refractivity contribution in [3.8, 4) is 5.75 Å². The lowest BCUT2D eigenvalue weighted by Crippen LogP contribution is -2.36. The topological polar surface area (TPSA) is 59.1 Å². The van der Waals surface area contributed by atoms with Crippen molar-refractivity contribution in [2.75, 3.05) is 27.8 Å². The van der Waals surface area contributed by atoms with E-state index in [-0.39, 0.29) is 17.6 Å². The van der Waals surface area contributed by atoms with Crippen LogP contribution >= 0.6 is 12.2 Å². The van der Waals surface area contributed by atoms with Crippen LogP contribution in [-0.4, -0.2) is 54.6 Å². The molecule has 0 bridgehead atoms. The van der Waals surface area contributed by atoms with E-state index in [1.807, 2.05) is 26.0 Å². The van der Waals surface area contributed by atoms with Gasteiger partial charge in [-0.2, -0.15) is 0 Å². The predicted molar refractivity (Wildman–Crippen MR) is 94.5 cm³/mol. The summed E-state index contributed by atoms with van der Waals surface area (Å²) in [6.45, 7) is 3.68. The molecule has 2 rings (SSSR count). The monoisotopic (exact) mass is 348 g/mol. The van der Waals surface area contributed by atoms with Crippen molar-refractivity contribution in [3.05, 3.63) is 34.5 Å². The van der Waals surface area contributed by atoms with Crippen LogP contribution in [0.4, 0.5) is 0 Å². The van der Waals surface area contributed by atoms with Gasteiger partial charge in [-0.15, -0.1) is 0 Å². The molecule has 1 aliphatic rings. The zero-order valence-corrected chi connectivity index (χ0v) is 15.2. The molecule has 1 fully saturated rings. The van der Waals surface area contributed by atoms with Crippen molar-refractivity contribution < 1.29 is 19.1 Å². The molecule has 0 aliphatic carbocycles. The lowest BCUT2D eigenvalue weighted by molar-refractivity contribution is -0.143. The molecule has 1 aromatic rings. The summed E-state index contributed by atoms with van der Waals surface area (Å²) in [6, 6.07) is 3.87. The van der Waals surface area contributed by atoms with Gasteiger partial charge >= 0.3 is 5.97 Å². The van der Waals surface area contributed by atoms with Crippen LogP contribution in [0, 0.1) is 13.8 Å². The highest BCUT2D eigenvalue weighted by molar-refractivity contribution is 7.80. The molecular weight excluding hydrogens is 328 g/mol. The van der Waals surface area contributed by atoms with Gasteiger partial charge in [-0.1, -0.05) is 0 Å². The quantitative estimate of drug-likeness (QED) is 0.470. The van der Waals surface area contributed by atoms with E-state index in [2.05, 4.69) is 4.74 Å². The van der Waals surface area contributed by atoms with Gasteiger partial charge in [0.1, 0.15) is 18.0 Å². The largest absolute Gasteiger partial charge is 0.496 e. The van der Waals surface area contributed by atoms with E-state index < -0.39 is 5.97 Å². The highest BCUT2D eigenvalue weighted by Crippen LogP contribution is 2.27. The number of methoxy groups -OCH3 is 2. The minimum atomic E-state index is -0.517. The average molecular weight is 348 g/mol. The smallest absolute Gasteiger partial charge is 0.325 e. The fourth-order valence-electron chi connectivity index (χ4n) is 2.48. The third-order valence-corrected chi connectivity index (χ3v) is 4.43. The maximum atomic E-state index is 12.6. The fourth-order valence-corrected chi connectivity index (χ4v) is 2.72. The molecular formula is C17H20N2O4S. The molecule has 0 radical (unpaired) electrons. The van der Waals surface area contributed by atoms with Gasteiger partial charge in [0, 0.05) is 7.05 Å². The number of aryl methyl sites for hydroxylation is 2. The molecule has 0 spiro atoms. The molecule has 1 saturated heterocycles. The van der Waals surface area contributed by atoms with Gasteiger partial charge in [-0.3, -0.25) is 14.5 Å². The lowest BCUT2D eigenvalue weighted by Gasteiger charge is -2.14. The van der Waals surface area contributed by atoms with E-state index in [1.54, 1.807) is 25.1 Å². The SMILES string of the molecule is COC(=O)CN1C(=O)/C(=C/c2cc(C)c(OC)cc2C)N(C)C1=S. The minimum Gasteiger partial charge on any atom is -0.496 e. The van der Waals surface area contributed by atoms with E-state index in [1.165, 1.54) is 12.0 Å². The summed E-state index contributed by atoms with van der Waals surface area (Å²) >= 11 is 5.26. The maximum absolute atomic E-state index is 12.6. The van der Waals surface area contributed by atoms with E-state index in [0.717, 1.165) is 22.4 Å². The molecule has 0 saturated carbocycles. The van der Waals surface area contributed by atoms with Crippen LogP contribution in [0.1, 0.15) is 16.7 Å². The Morgan fingerprint density at radius 1 is 1.25 bits per heavy atom. The molecule has 0 atom stereocenters.